The van der Waals surface area contributed by atoms with Crippen LogP contribution in [0.15, 0.2) is 30.6 Å². The van der Waals surface area contributed by atoms with Crippen LogP contribution in [0.5, 0.6) is 0 Å². The smallest absolute Gasteiger partial charge is 0.159 e. The Morgan fingerprint density at radius 3 is 2.63 bits per heavy atom. The van der Waals surface area contributed by atoms with Crippen LogP contribution in [0, 0.1) is 12.7 Å². The highest BCUT2D eigenvalue weighted by Crippen LogP contribution is 2.20. The summed E-state index contributed by atoms with van der Waals surface area (Å²) in [6.45, 7) is 5.79. The lowest BCUT2D eigenvalue weighted by Gasteiger charge is -2.06. The normalized spacial score (nSPS) is 10.7. The molecule has 0 fully saturated rings. The first-order valence-electron chi connectivity index (χ1n) is 6.49. The summed E-state index contributed by atoms with van der Waals surface area (Å²) in [5.74, 6) is 0.300. The van der Waals surface area contributed by atoms with E-state index in [0.717, 1.165) is 36.2 Å². The van der Waals surface area contributed by atoms with Crippen molar-refractivity contribution in [2.75, 3.05) is 6.54 Å². The van der Waals surface area contributed by atoms with Gasteiger partial charge >= 0.3 is 0 Å². The number of aromatic nitrogens is 2. The van der Waals surface area contributed by atoms with Crippen LogP contribution >= 0.6 is 0 Å². The zero-order chi connectivity index (χ0) is 13.7. The van der Waals surface area contributed by atoms with E-state index in [1.54, 1.807) is 18.5 Å². The number of aryl methyl sites for hydroxylation is 1. The van der Waals surface area contributed by atoms with Crippen molar-refractivity contribution in [3.8, 4) is 11.4 Å². The van der Waals surface area contributed by atoms with Gasteiger partial charge in [-0.05, 0) is 37.6 Å². The van der Waals surface area contributed by atoms with Crippen LogP contribution < -0.4 is 5.32 Å². The molecule has 0 aliphatic carbocycles. The Morgan fingerprint density at radius 1 is 1.21 bits per heavy atom. The molecule has 0 amide bonds. The molecule has 0 aliphatic heterocycles. The largest absolute Gasteiger partial charge is 0.313 e. The van der Waals surface area contributed by atoms with Crippen LogP contribution in [0.1, 0.15) is 24.5 Å². The number of halogens is 1. The van der Waals surface area contributed by atoms with E-state index in [4.69, 9.17) is 0 Å². The van der Waals surface area contributed by atoms with Crippen molar-refractivity contribution in [3.05, 3.63) is 47.5 Å². The van der Waals surface area contributed by atoms with Crippen LogP contribution in [0.25, 0.3) is 11.4 Å². The van der Waals surface area contributed by atoms with Crippen LogP contribution in [0.3, 0.4) is 0 Å². The molecule has 1 aromatic heterocycles. The zero-order valence-electron chi connectivity index (χ0n) is 11.3. The van der Waals surface area contributed by atoms with Crippen molar-refractivity contribution in [1.82, 2.24) is 15.3 Å². The molecule has 1 heterocycles. The molecular formula is C15H18FN3. The molecule has 19 heavy (non-hydrogen) atoms. The second-order valence-electron chi connectivity index (χ2n) is 4.55. The van der Waals surface area contributed by atoms with Gasteiger partial charge in [0, 0.05) is 30.1 Å². The molecule has 3 nitrogen and oxygen atoms in total. The van der Waals surface area contributed by atoms with Gasteiger partial charge in [-0.2, -0.15) is 0 Å². The number of hydrogen-bond acceptors (Lipinski definition) is 3. The van der Waals surface area contributed by atoms with Crippen molar-refractivity contribution >= 4 is 0 Å². The molecule has 1 N–H and O–H groups in total. The Labute approximate surface area is 112 Å². The Balaban J connectivity index is 2.15. The Bertz CT molecular complexity index is 538. The van der Waals surface area contributed by atoms with Gasteiger partial charge in [-0.1, -0.05) is 13.0 Å². The second kappa shape index (κ2) is 6.38. The van der Waals surface area contributed by atoms with E-state index in [1.165, 1.54) is 12.1 Å². The molecule has 0 saturated carbocycles. The van der Waals surface area contributed by atoms with Crippen LogP contribution in [-0.2, 0) is 6.54 Å². The van der Waals surface area contributed by atoms with Gasteiger partial charge in [-0.25, -0.2) is 14.4 Å². The predicted octanol–water partition coefficient (Wildman–Crippen LogP) is 3.09. The van der Waals surface area contributed by atoms with E-state index in [0.29, 0.717) is 5.82 Å². The first-order chi connectivity index (χ1) is 9.20. The number of nitrogens with zero attached hydrogens (tertiary/aromatic N) is 2. The molecule has 0 aliphatic rings. The zero-order valence-corrected chi connectivity index (χ0v) is 11.3. The number of rotatable bonds is 5. The van der Waals surface area contributed by atoms with E-state index in [9.17, 15) is 4.39 Å². The predicted molar refractivity (Wildman–Crippen MR) is 74.2 cm³/mol. The topological polar surface area (TPSA) is 37.8 Å². The minimum Gasteiger partial charge on any atom is -0.313 e. The third-order valence-corrected chi connectivity index (χ3v) is 2.90. The average molecular weight is 259 g/mol. The monoisotopic (exact) mass is 259 g/mol. The van der Waals surface area contributed by atoms with Crippen molar-refractivity contribution in [2.24, 2.45) is 0 Å². The van der Waals surface area contributed by atoms with E-state index in [-0.39, 0.29) is 5.82 Å². The Morgan fingerprint density at radius 2 is 1.95 bits per heavy atom. The van der Waals surface area contributed by atoms with Crippen molar-refractivity contribution in [2.45, 2.75) is 26.8 Å². The third-order valence-electron chi connectivity index (χ3n) is 2.90. The van der Waals surface area contributed by atoms with Crippen molar-refractivity contribution in [3.63, 3.8) is 0 Å². The van der Waals surface area contributed by atoms with Gasteiger partial charge in [-0.3, -0.25) is 0 Å². The summed E-state index contributed by atoms with van der Waals surface area (Å²) >= 11 is 0. The molecule has 1 aromatic carbocycles. The van der Waals surface area contributed by atoms with Gasteiger partial charge in [0.15, 0.2) is 5.82 Å². The molecule has 4 heteroatoms. The minimum absolute atomic E-state index is 0.266. The lowest BCUT2D eigenvalue weighted by Crippen LogP contribution is -2.14. The SMILES string of the molecule is CCCNCc1cnc(-c2cc(F)ccc2C)nc1. The first-order valence-corrected chi connectivity index (χ1v) is 6.49. The average Bonchev–Trinajstić information content (AvgIpc) is 2.43. The molecule has 0 unspecified atom stereocenters. The molecule has 2 rings (SSSR count). The summed E-state index contributed by atoms with van der Waals surface area (Å²) < 4.78 is 13.3. The molecular weight excluding hydrogens is 241 g/mol. The highest BCUT2D eigenvalue weighted by Gasteiger charge is 2.06. The van der Waals surface area contributed by atoms with Crippen LogP contribution in [0.4, 0.5) is 4.39 Å². The number of benzene rings is 1. The molecule has 0 spiro atoms. The fourth-order valence-corrected chi connectivity index (χ4v) is 1.83. The maximum absolute atomic E-state index is 13.3. The summed E-state index contributed by atoms with van der Waals surface area (Å²) in [5, 5.41) is 3.29. The molecule has 0 radical (unpaired) electrons. The molecule has 0 saturated heterocycles. The van der Waals surface area contributed by atoms with Crippen molar-refractivity contribution in [1.29, 1.82) is 0 Å². The van der Waals surface area contributed by atoms with E-state index in [2.05, 4.69) is 22.2 Å². The van der Waals surface area contributed by atoms with E-state index >= 15 is 0 Å². The van der Waals surface area contributed by atoms with Gasteiger partial charge in [0.25, 0.3) is 0 Å². The van der Waals surface area contributed by atoms with Gasteiger partial charge in [-0.15, -0.1) is 0 Å². The van der Waals surface area contributed by atoms with Gasteiger partial charge in [0.2, 0.25) is 0 Å². The molecule has 2 aromatic rings. The minimum atomic E-state index is -0.266. The fourth-order valence-electron chi connectivity index (χ4n) is 1.83. The van der Waals surface area contributed by atoms with Gasteiger partial charge in [0.05, 0.1) is 0 Å². The standard InChI is InChI=1S/C15H18FN3/c1-3-6-17-8-12-9-18-15(19-10-12)14-7-13(16)5-4-11(14)2/h4-5,7,9-10,17H,3,6,8H2,1-2H3. The van der Waals surface area contributed by atoms with Gasteiger partial charge in [0.1, 0.15) is 5.82 Å². The van der Waals surface area contributed by atoms with Crippen LogP contribution in [-0.4, -0.2) is 16.5 Å². The fraction of sp³-hybridized carbons (Fsp3) is 0.333. The Hall–Kier alpha value is -1.81. The number of hydrogen-bond donors (Lipinski definition) is 1. The molecule has 100 valence electrons. The van der Waals surface area contributed by atoms with E-state index in [1.807, 2.05) is 6.92 Å². The van der Waals surface area contributed by atoms with E-state index < -0.39 is 0 Å². The highest BCUT2D eigenvalue weighted by atomic mass is 19.1. The first kappa shape index (κ1) is 13.6. The maximum atomic E-state index is 13.3. The van der Waals surface area contributed by atoms with Crippen molar-refractivity contribution < 1.29 is 4.39 Å². The molecule has 0 atom stereocenters. The third kappa shape index (κ3) is 3.58. The van der Waals surface area contributed by atoms with Gasteiger partial charge < -0.3 is 5.32 Å². The summed E-state index contributed by atoms with van der Waals surface area (Å²) in [4.78, 5) is 8.62. The highest BCUT2D eigenvalue weighted by molar-refractivity contribution is 5.59. The quantitative estimate of drug-likeness (QED) is 0.838. The summed E-state index contributed by atoms with van der Waals surface area (Å²) in [6, 6.07) is 4.66. The lowest BCUT2D eigenvalue weighted by atomic mass is 10.1. The Kier molecular flexibility index (Phi) is 4.58. The maximum Gasteiger partial charge on any atom is 0.159 e. The summed E-state index contributed by atoms with van der Waals surface area (Å²) in [7, 11) is 0. The summed E-state index contributed by atoms with van der Waals surface area (Å²) in [5.41, 5.74) is 2.75. The molecule has 0 bridgehead atoms. The summed E-state index contributed by atoms with van der Waals surface area (Å²) in [6.07, 6.45) is 4.67. The van der Waals surface area contributed by atoms with Crippen LogP contribution in [0.2, 0.25) is 0 Å². The lowest BCUT2D eigenvalue weighted by molar-refractivity contribution is 0.627. The number of nitrogens with one attached hydrogen (secondary N) is 1. The second-order valence-corrected chi connectivity index (χ2v) is 4.55.